The molecule has 1 N–H and O–H groups in total. The lowest BCUT2D eigenvalue weighted by Crippen LogP contribution is -2.40. The Morgan fingerprint density at radius 2 is 1.96 bits per heavy atom. The minimum absolute atomic E-state index is 0. The molecule has 1 amide bonds. The number of piperidine rings is 1. The van der Waals surface area contributed by atoms with E-state index in [-0.39, 0.29) is 18.3 Å². The average Bonchev–Trinajstić information content (AvgIpc) is 3.11. The zero-order chi connectivity index (χ0) is 17.6. The molecule has 1 aliphatic heterocycles. The number of hydrogen-bond donors (Lipinski definition) is 1. The lowest BCUT2D eigenvalue weighted by atomic mass is 9.96. The lowest BCUT2D eigenvalue weighted by molar-refractivity contribution is 0.0692. The highest BCUT2D eigenvalue weighted by atomic mass is 35.5. The van der Waals surface area contributed by atoms with Gasteiger partial charge >= 0.3 is 0 Å². The van der Waals surface area contributed by atoms with Gasteiger partial charge < -0.3 is 15.0 Å². The van der Waals surface area contributed by atoms with Gasteiger partial charge in [0.2, 0.25) is 0 Å². The summed E-state index contributed by atoms with van der Waals surface area (Å²) >= 11 is 1.53. The van der Waals surface area contributed by atoms with Crippen molar-refractivity contribution in [2.75, 3.05) is 33.3 Å². The molecule has 0 radical (unpaired) electrons. The van der Waals surface area contributed by atoms with Crippen molar-refractivity contribution in [2.24, 2.45) is 5.92 Å². The Labute approximate surface area is 166 Å². The zero-order valence-electron chi connectivity index (χ0n) is 15.4. The fourth-order valence-corrected chi connectivity index (χ4v) is 4.35. The van der Waals surface area contributed by atoms with E-state index in [0.29, 0.717) is 16.5 Å². The summed E-state index contributed by atoms with van der Waals surface area (Å²) in [6.07, 6.45) is 2.13. The predicted octanol–water partition coefficient (Wildman–Crippen LogP) is 4.31. The van der Waals surface area contributed by atoms with Crippen LogP contribution in [0, 0.1) is 5.92 Å². The summed E-state index contributed by atoms with van der Waals surface area (Å²) in [6, 6.07) is 12.1. The number of methoxy groups -OCH3 is 1. The van der Waals surface area contributed by atoms with Crippen LogP contribution in [-0.2, 0) is 0 Å². The molecule has 3 rings (SSSR count). The van der Waals surface area contributed by atoms with Crippen molar-refractivity contribution in [3.8, 4) is 16.2 Å². The van der Waals surface area contributed by atoms with Crippen molar-refractivity contribution in [1.29, 1.82) is 0 Å². The summed E-state index contributed by atoms with van der Waals surface area (Å²) in [5, 5.41) is 3.41. The summed E-state index contributed by atoms with van der Waals surface area (Å²) in [5.41, 5.74) is 1.12. The molecule has 2 heterocycles. The smallest absolute Gasteiger partial charge is 0.267 e. The van der Waals surface area contributed by atoms with Crippen molar-refractivity contribution in [1.82, 2.24) is 10.2 Å². The third kappa shape index (κ3) is 4.78. The molecule has 0 atom stereocenters. The first-order valence-corrected chi connectivity index (χ1v) is 9.77. The van der Waals surface area contributed by atoms with Gasteiger partial charge in [0.05, 0.1) is 7.11 Å². The normalized spacial score (nSPS) is 14.8. The second kappa shape index (κ2) is 9.95. The topological polar surface area (TPSA) is 41.6 Å². The molecule has 1 aromatic carbocycles. The summed E-state index contributed by atoms with van der Waals surface area (Å²) in [4.78, 5) is 16.7. The average molecular weight is 395 g/mol. The molecule has 6 heteroatoms. The number of halogens is 1. The van der Waals surface area contributed by atoms with Gasteiger partial charge in [0.15, 0.2) is 0 Å². The van der Waals surface area contributed by atoms with E-state index < -0.39 is 0 Å². The number of amides is 1. The Morgan fingerprint density at radius 3 is 2.58 bits per heavy atom. The molecular weight excluding hydrogens is 368 g/mol. The van der Waals surface area contributed by atoms with Gasteiger partial charge in [0.25, 0.3) is 5.91 Å². The van der Waals surface area contributed by atoms with Gasteiger partial charge in [-0.25, -0.2) is 0 Å². The van der Waals surface area contributed by atoms with Crippen molar-refractivity contribution in [2.45, 2.75) is 19.8 Å². The maximum absolute atomic E-state index is 13.0. The van der Waals surface area contributed by atoms with Gasteiger partial charge in [-0.1, -0.05) is 37.3 Å². The van der Waals surface area contributed by atoms with Gasteiger partial charge in [-0.15, -0.1) is 23.7 Å². The van der Waals surface area contributed by atoms with Crippen LogP contribution in [0.15, 0.2) is 36.4 Å². The maximum Gasteiger partial charge on any atom is 0.267 e. The quantitative estimate of drug-likeness (QED) is 0.793. The number of hydrogen-bond acceptors (Lipinski definition) is 4. The van der Waals surface area contributed by atoms with Crippen molar-refractivity contribution >= 4 is 29.7 Å². The minimum Gasteiger partial charge on any atom is -0.495 e. The van der Waals surface area contributed by atoms with Crippen molar-refractivity contribution in [3.05, 3.63) is 41.3 Å². The first kappa shape index (κ1) is 20.7. The SMILES string of the molecule is CCNCC1CCN(C(=O)c2sc(-c3ccccc3)cc2OC)CC1.Cl. The standard InChI is InChI=1S/C20H26N2O2S.ClH/c1-3-21-14-15-9-11-22(12-10-15)20(23)19-17(24-2)13-18(25-19)16-7-5-4-6-8-16;/h4-8,13,15,21H,3,9-12,14H2,1-2H3;1H. The number of nitrogens with zero attached hydrogens (tertiary/aromatic N) is 1. The molecule has 4 nitrogen and oxygen atoms in total. The molecule has 1 aromatic heterocycles. The van der Waals surface area contributed by atoms with Gasteiger partial charge in [0, 0.05) is 18.0 Å². The van der Waals surface area contributed by atoms with Gasteiger partial charge in [-0.3, -0.25) is 4.79 Å². The fraction of sp³-hybridized carbons (Fsp3) is 0.450. The predicted molar refractivity (Wildman–Crippen MR) is 111 cm³/mol. The van der Waals surface area contributed by atoms with Crippen LogP contribution in [0.2, 0.25) is 0 Å². The Morgan fingerprint density at radius 1 is 1.27 bits per heavy atom. The molecule has 0 bridgehead atoms. The van der Waals surface area contributed by atoms with Crippen LogP contribution < -0.4 is 10.1 Å². The van der Waals surface area contributed by atoms with Crippen LogP contribution in [-0.4, -0.2) is 44.1 Å². The van der Waals surface area contributed by atoms with Gasteiger partial charge in [0.1, 0.15) is 10.6 Å². The summed E-state index contributed by atoms with van der Waals surface area (Å²) in [6.45, 7) is 5.85. The van der Waals surface area contributed by atoms with Crippen molar-refractivity contribution < 1.29 is 9.53 Å². The van der Waals surface area contributed by atoms with E-state index in [9.17, 15) is 4.79 Å². The van der Waals surface area contributed by atoms with E-state index in [1.807, 2.05) is 29.2 Å². The highest BCUT2D eigenvalue weighted by Gasteiger charge is 2.27. The number of benzene rings is 1. The maximum atomic E-state index is 13.0. The first-order valence-electron chi connectivity index (χ1n) is 8.96. The third-order valence-electron chi connectivity index (χ3n) is 4.76. The second-order valence-corrected chi connectivity index (χ2v) is 7.47. The van der Waals surface area contributed by atoms with Crippen molar-refractivity contribution in [3.63, 3.8) is 0 Å². The van der Waals surface area contributed by atoms with Crippen LogP contribution >= 0.6 is 23.7 Å². The number of ether oxygens (including phenoxy) is 1. The molecule has 1 saturated heterocycles. The van der Waals surface area contributed by atoms with Crippen LogP contribution in [0.4, 0.5) is 0 Å². The molecule has 0 spiro atoms. The number of carbonyl (C=O) groups is 1. The Kier molecular flexibility index (Phi) is 7.94. The molecule has 1 aliphatic rings. The summed E-state index contributed by atoms with van der Waals surface area (Å²) in [7, 11) is 1.64. The highest BCUT2D eigenvalue weighted by molar-refractivity contribution is 7.17. The monoisotopic (exact) mass is 394 g/mol. The Hall–Kier alpha value is -1.56. The van der Waals surface area contributed by atoms with Gasteiger partial charge in [-0.05, 0) is 43.5 Å². The highest BCUT2D eigenvalue weighted by Crippen LogP contribution is 2.37. The van der Waals surface area contributed by atoms with E-state index in [4.69, 9.17) is 4.74 Å². The molecule has 0 saturated carbocycles. The third-order valence-corrected chi connectivity index (χ3v) is 5.91. The molecule has 2 aromatic rings. The molecular formula is C20H27ClN2O2S. The van der Waals surface area contributed by atoms with Crippen LogP contribution in [0.3, 0.4) is 0 Å². The van der Waals surface area contributed by atoms with Gasteiger partial charge in [-0.2, -0.15) is 0 Å². The molecule has 0 aliphatic carbocycles. The number of carbonyl (C=O) groups excluding carboxylic acids is 1. The van der Waals surface area contributed by atoms with Crippen LogP contribution in [0.5, 0.6) is 5.75 Å². The second-order valence-electron chi connectivity index (χ2n) is 6.42. The number of likely N-dealkylation sites (tertiary alicyclic amines) is 1. The van der Waals surface area contributed by atoms with E-state index in [2.05, 4.69) is 24.4 Å². The van der Waals surface area contributed by atoms with E-state index in [0.717, 1.165) is 49.5 Å². The van der Waals surface area contributed by atoms with Crippen LogP contribution in [0.1, 0.15) is 29.4 Å². The molecule has 142 valence electrons. The molecule has 26 heavy (non-hydrogen) atoms. The number of rotatable bonds is 6. The summed E-state index contributed by atoms with van der Waals surface area (Å²) in [5.74, 6) is 1.46. The first-order chi connectivity index (χ1) is 12.2. The number of nitrogens with one attached hydrogen (secondary N) is 1. The fourth-order valence-electron chi connectivity index (χ4n) is 3.25. The molecule has 1 fully saturated rings. The lowest BCUT2D eigenvalue weighted by Gasteiger charge is -2.32. The Balaban J connectivity index is 0.00000243. The number of thiophene rings is 1. The largest absolute Gasteiger partial charge is 0.495 e. The minimum atomic E-state index is 0. The van der Waals surface area contributed by atoms with E-state index in [1.54, 1.807) is 7.11 Å². The summed E-state index contributed by atoms with van der Waals surface area (Å²) < 4.78 is 5.49. The Bertz CT molecular complexity index is 697. The van der Waals surface area contributed by atoms with E-state index in [1.165, 1.54) is 11.3 Å². The molecule has 0 unspecified atom stereocenters. The van der Waals surface area contributed by atoms with E-state index >= 15 is 0 Å². The zero-order valence-corrected chi connectivity index (χ0v) is 17.0. The van der Waals surface area contributed by atoms with Crippen LogP contribution in [0.25, 0.3) is 10.4 Å².